The highest BCUT2D eigenvalue weighted by Crippen LogP contribution is 2.35. The van der Waals surface area contributed by atoms with Crippen molar-refractivity contribution < 1.29 is 14.6 Å². The van der Waals surface area contributed by atoms with Crippen molar-refractivity contribution in [2.45, 2.75) is 12.5 Å². The largest absolute Gasteiger partial charge is 0.493 e. The molecule has 106 valence electrons. The number of para-hydroxylation sites is 1. The van der Waals surface area contributed by atoms with Gasteiger partial charge in [0.2, 0.25) is 0 Å². The van der Waals surface area contributed by atoms with E-state index in [0.29, 0.717) is 12.4 Å². The standard InChI is InChI=1S/C17H20O3/c1-3-20-16-12-8-7-11-15(16)17(18,13-19-2)14-9-5-4-6-10-14/h4-12,18H,3,13H2,1-2H3. The van der Waals surface area contributed by atoms with Crippen LogP contribution in [0.1, 0.15) is 18.1 Å². The molecule has 0 radical (unpaired) electrons. The Labute approximate surface area is 119 Å². The molecule has 0 saturated carbocycles. The van der Waals surface area contributed by atoms with Gasteiger partial charge in [-0.1, -0.05) is 48.5 Å². The summed E-state index contributed by atoms with van der Waals surface area (Å²) in [6, 6.07) is 17.0. The molecule has 2 rings (SSSR count). The van der Waals surface area contributed by atoms with Gasteiger partial charge >= 0.3 is 0 Å². The fourth-order valence-electron chi connectivity index (χ4n) is 2.33. The molecule has 0 fully saturated rings. The molecule has 1 unspecified atom stereocenters. The average Bonchev–Trinajstić information content (AvgIpc) is 2.49. The van der Waals surface area contributed by atoms with Crippen LogP contribution in [0.3, 0.4) is 0 Å². The second kappa shape index (κ2) is 6.55. The van der Waals surface area contributed by atoms with E-state index in [-0.39, 0.29) is 6.61 Å². The molecule has 1 atom stereocenters. The van der Waals surface area contributed by atoms with Crippen molar-refractivity contribution >= 4 is 0 Å². The predicted octanol–water partition coefficient (Wildman–Crippen LogP) is 2.97. The zero-order chi connectivity index (χ0) is 14.4. The van der Waals surface area contributed by atoms with Crippen molar-refractivity contribution in [3.63, 3.8) is 0 Å². The molecule has 0 saturated heterocycles. The maximum atomic E-state index is 11.2. The minimum absolute atomic E-state index is 0.168. The number of hydrogen-bond donors (Lipinski definition) is 1. The Hall–Kier alpha value is -1.84. The summed E-state index contributed by atoms with van der Waals surface area (Å²) in [6.45, 7) is 2.64. The van der Waals surface area contributed by atoms with Crippen LogP contribution in [0.25, 0.3) is 0 Å². The van der Waals surface area contributed by atoms with Gasteiger partial charge in [0.05, 0.1) is 13.2 Å². The summed E-state index contributed by atoms with van der Waals surface area (Å²) in [5.41, 5.74) is 0.283. The molecule has 3 heteroatoms. The van der Waals surface area contributed by atoms with E-state index in [1.165, 1.54) is 0 Å². The lowest BCUT2D eigenvalue weighted by atomic mass is 9.86. The quantitative estimate of drug-likeness (QED) is 0.878. The first-order valence-corrected chi connectivity index (χ1v) is 6.71. The molecular formula is C17H20O3. The molecule has 20 heavy (non-hydrogen) atoms. The number of hydrogen-bond acceptors (Lipinski definition) is 3. The van der Waals surface area contributed by atoms with Crippen LogP contribution >= 0.6 is 0 Å². The third kappa shape index (κ3) is 2.84. The molecule has 0 aliphatic heterocycles. The Morgan fingerprint density at radius 2 is 1.65 bits per heavy atom. The molecule has 0 spiro atoms. The number of aliphatic hydroxyl groups is 1. The number of ether oxygens (including phenoxy) is 2. The Morgan fingerprint density at radius 1 is 1.00 bits per heavy atom. The van der Waals surface area contributed by atoms with E-state index in [0.717, 1.165) is 11.1 Å². The lowest BCUT2D eigenvalue weighted by Gasteiger charge is -2.30. The molecule has 0 aliphatic rings. The van der Waals surface area contributed by atoms with Crippen molar-refractivity contribution in [2.75, 3.05) is 20.3 Å². The highest BCUT2D eigenvalue weighted by Gasteiger charge is 2.34. The zero-order valence-corrected chi connectivity index (χ0v) is 11.9. The lowest BCUT2D eigenvalue weighted by molar-refractivity contribution is -0.00506. The van der Waals surface area contributed by atoms with Gasteiger partial charge in [0.1, 0.15) is 11.4 Å². The van der Waals surface area contributed by atoms with Gasteiger partial charge in [-0.3, -0.25) is 0 Å². The zero-order valence-electron chi connectivity index (χ0n) is 11.9. The second-order valence-electron chi connectivity index (χ2n) is 4.59. The molecule has 0 heterocycles. The van der Waals surface area contributed by atoms with Gasteiger partial charge in [-0.05, 0) is 18.6 Å². The number of rotatable bonds is 6. The van der Waals surface area contributed by atoms with E-state index in [1.54, 1.807) is 7.11 Å². The Kier molecular flexibility index (Phi) is 4.77. The van der Waals surface area contributed by atoms with Crippen molar-refractivity contribution in [1.29, 1.82) is 0 Å². The molecule has 2 aromatic rings. The maximum Gasteiger partial charge on any atom is 0.141 e. The summed E-state index contributed by atoms with van der Waals surface area (Å²) in [6.07, 6.45) is 0. The van der Waals surface area contributed by atoms with Gasteiger partial charge in [0.15, 0.2) is 0 Å². The Morgan fingerprint density at radius 3 is 2.30 bits per heavy atom. The second-order valence-corrected chi connectivity index (χ2v) is 4.59. The van der Waals surface area contributed by atoms with Crippen molar-refractivity contribution in [1.82, 2.24) is 0 Å². The van der Waals surface area contributed by atoms with Crippen LogP contribution in [-0.2, 0) is 10.3 Å². The molecule has 0 amide bonds. The number of benzene rings is 2. The summed E-state index contributed by atoms with van der Waals surface area (Å²) in [5, 5.41) is 11.2. The molecule has 1 N–H and O–H groups in total. The highest BCUT2D eigenvalue weighted by atomic mass is 16.5. The number of methoxy groups -OCH3 is 1. The summed E-state index contributed by atoms with van der Waals surface area (Å²) >= 11 is 0. The summed E-state index contributed by atoms with van der Waals surface area (Å²) in [5.74, 6) is 0.679. The summed E-state index contributed by atoms with van der Waals surface area (Å²) < 4.78 is 10.9. The van der Waals surface area contributed by atoms with E-state index in [2.05, 4.69) is 0 Å². The highest BCUT2D eigenvalue weighted by molar-refractivity contribution is 5.44. The van der Waals surface area contributed by atoms with Gasteiger partial charge < -0.3 is 14.6 Å². The van der Waals surface area contributed by atoms with Crippen LogP contribution in [0.15, 0.2) is 54.6 Å². The first-order chi connectivity index (χ1) is 9.72. The Balaban J connectivity index is 2.53. The van der Waals surface area contributed by atoms with Gasteiger partial charge in [0.25, 0.3) is 0 Å². The van der Waals surface area contributed by atoms with Crippen LogP contribution in [0, 0.1) is 0 Å². The molecule has 2 aromatic carbocycles. The van der Waals surface area contributed by atoms with E-state index in [9.17, 15) is 5.11 Å². The topological polar surface area (TPSA) is 38.7 Å². The molecule has 0 aromatic heterocycles. The first kappa shape index (κ1) is 14.6. The van der Waals surface area contributed by atoms with E-state index in [1.807, 2.05) is 61.5 Å². The molecule has 0 aliphatic carbocycles. The smallest absolute Gasteiger partial charge is 0.141 e. The van der Waals surface area contributed by atoms with Crippen LogP contribution in [-0.4, -0.2) is 25.4 Å². The van der Waals surface area contributed by atoms with E-state index in [4.69, 9.17) is 9.47 Å². The van der Waals surface area contributed by atoms with Gasteiger partial charge in [-0.2, -0.15) is 0 Å². The van der Waals surface area contributed by atoms with Gasteiger partial charge in [-0.15, -0.1) is 0 Å². The third-order valence-electron chi connectivity index (χ3n) is 3.24. The monoisotopic (exact) mass is 272 g/mol. The maximum absolute atomic E-state index is 11.2. The molecule has 3 nitrogen and oxygen atoms in total. The van der Waals surface area contributed by atoms with Crippen LogP contribution < -0.4 is 4.74 Å². The van der Waals surface area contributed by atoms with E-state index < -0.39 is 5.60 Å². The molecule has 0 bridgehead atoms. The van der Waals surface area contributed by atoms with Gasteiger partial charge in [-0.25, -0.2) is 0 Å². The van der Waals surface area contributed by atoms with Crippen molar-refractivity contribution in [2.24, 2.45) is 0 Å². The molecular weight excluding hydrogens is 252 g/mol. The van der Waals surface area contributed by atoms with Crippen LogP contribution in [0.2, 0.25) is 0 Å². The summed E-state index contributed by atoms with van der Waals surface area (Å²) in [7, 11) is 1.58. The lowest BCUT2D eigenvalue weighted by Crippen LogP contribution is -2.33. The van der Waals surface area contributed by atoms with Gasteiger partial charge in [0, 0.05) is 12.7 Å². The average molecular weight is 272 g/mol. The van der Waals surface area contributed by atoms with E-state index >= 15 is 0 Å². The minimum atomic E-state index is -1.22. The fourth-order valence-corrected chi connectivity index (χ4v) is 2.33. The normalized spacial score (nSPS) is 13.8. The fraction of sp³-hybridized carbons (Fsp3) is 0.294. The van der Waals surface area contributed by atoms with Crippen molar-refractivity contribution in [3.8, 4) is 5.75 Å². The first-order valence-electron chi connectivity index (χ1n) is 6.71. The Bertz CT molecular complexity index is 539. The predicted molar refractivity (Wildman–Crippen MR) is 78.9 cm³/mol. The van der Waals surface area contributed by atoms with Crippen LogP contribution in [0.5, 0.6) is 5.75 Å². The third-order valence-corrected chi connectivity index (χ3v) is 3.24. The van der Waals surface area contributed by atoms with Crippen molar-refractivity contribution in [3.05, 3.63) is 65.7 Å². The van der Waals surface area contributed by atoms with Crippen LogP contribution in [0.4, 0.5) is 0 Å². The minimum Gasteiger partial charge on any atom is -0.493 e. The summed E-state index contributed by atoms with van der Waals surface area (Å²) in [4.78, 5) is 0. The SMILES string of the molecule is CCOc1ccccc1C(O)(COC)c1ccccc1.